The summed E-state index contributed by atoms with van der Waals surface area (Å²) >= 11 is 0. The molecule has 2 amide bonds. The van der Waals surface area contributed by atoms with Crippen molar-refractivity contribution >= 4 is 17.5 Å². The van der Waals surface area contributed by atoms with E-state index in [1.165, 1.54) is 12.1 Å². The highest BCUT2D eigenvalue weighted by atomic mass is 19.1. The second-order valence-corrected chi connectivity index (χ2v) is 8.10. The number of hydrogen-bond acceptors (Lipinski definition) is 4. The lowest BCUT2D eigenvalue weighted by molar-refractivity contribution is -0.142. The van der Waals surface area contributed by atoms with E-state index in [-0.39, 0.29) is 29.8 Å². The summed E-state index contributed by atoms with van der Waals surface area (Å²) in [5.41, 5.74) is 2.48. The Morgan fingerprint density at radius 1 is 1.16 bits per heavy atom. The number of anilines is 1. The zero-order valence-corrected chi connectivity index (χ0v) is 17.8. The molecule has 1 unspecified atom stereocenters. The molecule has 3 rings (SSSR count). The fourth-order valence-corrected chi connectivity index (χ4v) is 3.77. The molecular formula is C24H27FN4O2. The van der Waals surface area contributed by atoms with Crippen LogP contribution in [0.3, 0.4) is 0 Å². The molecule has 31 heavy (non-hydrogen) atoms. The highest BCUT2D eigenvalue weighted by molar-refractivity contribution is 5.88. The molecule has 1 aliphatic heterocycles. The summed E-state index contributed by atoms with van der Waals surface area (Å²) < 4.78 is 13.7. The molecule has 0 radical (unpaired) electrons. The van der Waals surface area contributed by atoms with Gasteiger partial charge in [0.2, 0.25) is 11.8 Å². The average Bonchev–Trinajstić information content (AvgIpc) is 2.75. The van der Waals surface area contributed by atoms with E-state index in [1.54, 1.807) is 11.0 Å². The van der Waals surface area contributed by atoms with Gasteiger partial charge < -0.3 is 15.5 Å². The van der Waals surface area contributed by atoms with E-state index in [0.29, 0.717) is 31.6 Å². The Kier molecular flexibility index (Phi) is 7.24. The van der Waals surface area contributed by atoms with Crippen molar-refractivity contribution in [1.82, 2.24) is 10.2 Å². The van der Waals surface area contributed by atoms with Crippen LogP contribution in [0.2, 0.25) is 0 Å². The van der Waals surface area contributed by atoms with E-state index in [0.717, 1.165) is 11.1 Å². The molecule has 0 aromatic heterocycles. The standard InChI is InChI=1S/C24H27FN4O2/c1-16(2)12-23(30)29-15-18-7-4-3-6-17(18)13-22(29)24(31)28-11-10-27-21-9-5-8-20(25)19(21)14-26/h3-9,16,22,27H,10-13,15H2,1-2H3,(H,28,31). The van der Waals surface area contributed by atoms with Crippen LogP contribution in [0.4, 0.5) is 10.1 Å². The molecule has 2 N–H and O–H groups in total. The zero-order valence-electron chi connectivity index (χ0n) is 17.8. The number of rotatable bonds is 7. The van der Waals surface area contributed by atoms with E-state index >= 15 is 0 Å². The monoisotopic (exact) mass is 422 g/mol. The van der Waals surface area contributed by atoms with Gasteiger partial charge in [-0.3, -0.25) is 9.59 Å². The van der Waals surface area contributed by atoms with Crippen LogP contribution < -0.4 is 10.6 Å². The normalized spacial score (nSPS) is 15.2. The van der Waals surface area contributed by atoms with Crippen LogP contribution in [0.1, 0.15) is 37.0 Å². The lowest BCUT2D eigenvalue weighted by atomic mass is 9.92. The summed E-state index contributed by atoms with van der Waals surface area (Å²) in [5.74, 6) is -0.621. The molecule has 0 aliphatic carbocycles. The van der Waals surface area contributed by atoms with Crippen molar-refractivity contribution in [1.29, 1.82) is 5.26 Å². The van der Waals surface area contributed by atoms with Gasteiger partial charge >= 0.3 is 0 Å². The van der Waals surface area contributed by atoms with Crippen molar-refractivity contribution < 1.29 is 14.0 Å². The molecule has 1 atom stereocenters. The molecule has 6 nitrogen and oxygen atoms in total. The first-order valence-corrected chi connectivity index (χ1v) is 10.5. The van der Waals surface area contributed by atoms with Crippen molar-refractivity contribution in [2.45, 2.75) is 39.3 Å². The Morgan fingerprint density at radius 3 is 2.61 bits per heavy atom. The van der Waals surface area contributed by atoms with Gasteiger partial charge in [-0.25, -0.2) is 4.39 Å². The number of nitriles is 1. The van der Waals surface area contributed by atoms with Gasteiger partial charge in [-0.1, -0.05) is 44.2 Å². The highest BCUT2D eigenvalue weighted by Gasteiger charge is 2.34. The van der Waals surface area contributed by atoms with Crippen molar-refractivity contribution in [3.8, 4) is 6.07 Å². The van der Waals surface area contributed by atoms with E-state index in [1.807, 2.05) is 44.2 Å². The minimum atomic E-state index is -0.586. The minimum absolute atomic E-state index is 0.0267. The molecule has 7 heteroatoms. The molecular weight excluding hydrogens is 395 g/mol. The second kappa shape index (κ2) is 10.1. The number of nitrogens with one attached hydrogen (secondary N) is 2. The third-order valence-corrected chi connectivity index (χ3v) is 5.32. The van der Waals surface area contributed by atoms with E-state index < -0.39 is 11.9 Å². The average molecular weight is 423 g/mol. The van der Waals surface area contributed by atoms with Gasteiger partial charge in [0.05, 0.1) is 5.69 Å². The lowest BCUT2D eigenvalue weighted by Crippen LogP contribution is -2.53. The van der Waals surface area contributed by atoms with Crippen molar-refractivity contribution in [3.05, 3.63) is 65.0 Å². The number of hydrogen-bond donors (Lipinski definition) is 2. The highest BCUT2D eigenvalue weighted by Crippen LogP contribution is 2.25. The second-order valence-electron chi connectivity index (χ2n) is 8.10. The fraction of sp³-hybridized carbons (Fsp3) is 0.375. The van der Waals surface area contributed by atoms with Gasteiger partial charge in [-0.2, -0.15) is 5.26 Å². The minimum Gasteiger partial charge on any atom is -0.382 e. The van der Waals surface area contributed by atoms with Crippen LogP contribution in [0.25, 0.3) is 0 Å². The molecule has 2 aromatic carbocycles. The fourth-order valence-electron chi connectivity index (χ4n) is 3.77. The summed E-state index contributed by atoms with van der Waals surface area (Å²) in [6, 6.07) is 13.5. The zero-order chi connectivity index (χ0) is 22.4. The number of carbonyl (C=O) groups is 2. The molecule has 2 aromatic rings. The van der Waals surface area contributed by atoms with Crippen molar-refractivity contribution in [2.24, 2.45) is 5.92 Å². The van der Waals surface area contributed by atoms with Gasteiger partial charge in [-0.05, 0) is 29.2 Å². The molecule has 1 aliphatic rings. The maximum absolute atomic E-state index is 13.7. The van der Waals surface area contributed by atoms with Crippen LogP contribution in [-0.4, -0.2) is 35.8 Å². The number of benzene rings is 2. The predicted octanol–water partition coefficient (Wildman–Crippen LogP) is 3.23. The third-order valence-electron chi connectivity index (χ3n) is 5.32. The maximum Gasteiger partial charge on any atom is 0.243 e. The van der Waals surface area contributed by atoms with Gasteiger partial charge in [0, 0.05) is 32.5 Å². The van der Waals surface area contributed by atoms with Crippen LogP contribution in [0, 0.1) is 23.1 Å². The Labute approximate surface area is 182 Å². The molecule has 0 saturated heterocycles. The van der Waals surface area contributed by atoms with Gasteiger partial charge in [0.1, 0.15) is 23.5 Å². The van der Waals surface area contributed by atoms with Crippen molar-refractivity contribution in [2.75, 3.05) is 18.4 Å². The van der Waals surface area contributed by atoms with Crippen LogP contribution in [0.5, 0.6) is 0 Å². The Hall–Kier alpha value is -3.40. The number of halogens is 1. The largest absolute Gasteiger partial charge is 0.382 e. The first-order valence-electron chi connectivity index (χ1n) is 10.5. The molecule has 162 valence electrons. The van der Waals surface area contributed by atoms with Gasteiger partial charge in [0.25, 0.3) is 0 Å². The molecule has 0 saturated carbocycles. The Balaban J connectivity index is 1.64. The molecule has 0 bridgehead atoms. The Bertz CT molecular complexity index is 999. The SMILES string of the molecule is CC(C)CC(=O)N1Cc2ccccc2CC1C(=O)NCCNc1cccc(F)c1C#N. The molecule has 0 fully saturated rings. The smallest absolute Gasteiger partial charge is 0.243 e. The summed E-state index contributed by atoms with van der Waals surface area (Å²) in [4.78, 5) is 27.4. The summed E-state index contributed by atoms with van der Waals surface area (Å²) in [7, 11) is 0. The topological polar surface area (TPSA) is 85.2 Å². The van der Waals surface area contributed by atoms with Gasteiger partial charge in [-0.15, -0.1) is 0 Å². The lowest BCUT2D eigenvalue weighted by Gasteiger charge is -2.36. The summed E-state index contributed by atoms with van der Waals surface area (Å²) in [6.07, 6.45) is 0.867. The third kappa shape index (κ3) is 5.40. The number of amides is 2. The predicted molar refractivity (Wildman–Crippen MR) is 117 cm³/mol. The molecule has 0 spiro atoms. The Morgan fingerprint density at radius 2 is 1.90 bits per heavy atom. The number of fused-ring (bicyclic) bond motifs is 1. The van der Waals surface area contributed by atoms with E-state index in [2.05, 4.69) is 10.6 Å². The van der Waals surface area contributed by atoms with E-state index in [4.69, 9.17) is 5.26 Å². The van der Waals surface area contributed by atoms with Crippen LogP contribution in [0.15, 0.2) is 42.5 Å². The van der Waals surface area contributed by atoms with Crippen LogP contribution >= 0.6 is 0 Å². The summed E-state index contributed by atoms with van der Waals surface area (Å²) in [6.45, 7) is 5.00. The maximum atomic E-state index is 13.7. The quantitative estimate of drug-likeness (QED) is 0.671. The first kappa shape index (κ1) is 22.3. The first-order chi connectivity index (χ1) is 14.9. The summed E-state index contributed by atoms with van der Waals surface area (Å²) in [5, 5.41) is 15.0. The molecule has 1 heterocycles. The van der Waals surface area contributed by atoms with E-state index in [9.17, 15) is 14.0 Å². The van der Waals surface area contributed by atoms with Crippen LogP contribution in [-0.2, 0) is 22.6 Å². The van der Waals surface area contributed by atoms with Crippen molar-refractivity contribution in [3.63, 3.8) is 0 Å². The number of carbonyl (C=O) groups excluding carboxylic acids is 2. The number of nitrogens with zero attached hydrogens (tertiary/aromatic N) is 2. The van der Waals surface area contributed by atoms with Gasteiger partial charge in [0.15, 0.2) is 0 Å².